The van der Waals surface area contributed by atoms with Gasteiger partial charge in [0.1, 0.15) is 0 Å². The molecule has 2 aromatic carbocycles. The molecule has 0 aromatic heterocycles. The molecule has 1 aliphatic heterocycles. The van der Waals surface area contributed by atoms with E-state index in [1.807, 2.05) is 55.5 Å². The van der Waals surface area contributed by atoms with E-state index in [0.717, 1.165) is 37.1 Å². The number of hydrogen-bond donors (Lipinski definition) is 2. The maximum atomic E-state index is 12.3. The number of halogens is 1. The Morgan fingerprint density at radius 2 is 1.92 bits per heavy atom. The first kappa shape index (κ1) is 18.9. The summed E-state index contributed by atoms with van der Waals surface area (Å²) in [4.78, 5) is 14.4. The third-order valence-corrected chi connectivity index (χ3v) is 5.30. The summed E-state index contributed by atoms with van der Waals surface area (Å²) in [6.45, 7) is 3.93. The highest BCUT2D eigenvalue weighted by atomic mass is 35.5. The molecule has 0 bridgehead atoms. The van der Waals surface area contributed by atoms with E-state index in [-0.39, 0.29) is 11.8 Å². The van der Waals surface area contributed by atoms with Crippen molar-refractivity contribution in [2.45, 2.75) is 25.9 Å². The van der Waals surface area contributed by atoms with Gasteiger partial charge in [-0.2, -0.15) is 0 Å². The zero-order valence-electron chi connectivity index (χ0n) is 15.0. The van der Waals surface area contributed by atoms with Crippen molar-refractivity contribution in [2.75, 3.05) is 25.0 Å². The second-order valence-electron chi connectivity index (χ2n) is 7.00. The van der Waals surface area contributed by atoms with Gasteiger partial charge >= 0.3 is 0 Å². The van der Waals surface area contributed by atoms with E-state index in [1.54, 1.807) is 0 Å². The quantitative estimate of drug-likeness (QED) is 0.833. The summed E-state index contributed by atoms with van der Waals surface area (Å²) in [7, 11) is 0. The van der Waals surface area contributed by atoms with Crippen molar-refractivity contribution in [3.05, 3.63) is 64.7 Å². The van der Waals surface area contributed by atoms with Crippen molar-refractivity contribution in [1.82, 2.24) is 4.90 Å². The minimum Gasteiger partial charge on any atom is -0.388 e. The molecule has 1 saturated heterocycles. The lowest BCUT2D eigenvalue weighted by molar-refractivity contribution is -0.117. The highest BCUT2D eigenvalue weighted by molar-refractivity contribution is 6.33. The van der Waals surface area contributed by atoms with Crippen LogP contribution in [0.2, 0.25) is 5.02 Å². The van der Waals surface area contributed by atoms with E-state index in [0.29, 0.717) is 17.3 Å². The van der Waals surface area contributed by atoms with Gasteiger partial charge in [0.05, 0.1) is 23.4 Å². The van der Waals surface area contributed by atoms with Crippen LogP contribution in [0.15, 0.2) is 48.5 Å². The molecule has 1 amide bonds. The van der Waals surface area contributed by atoms with Crippen LogP contribution in [0, 0.1) is 12.8 Å². The molecule has 1 unspecified atom stereocenters. The Kier molecular flexibility index (Phi) is 6.30. The van der Waals surface area contributed by atoms with Gasteiger partial charge in [0.2, 0.25) is 5.91 Å². The van der Waals surface area contributed by atoms with Crippen LogP contribution in [-0.2, 0) is 4.79 Å². The maximum absolute atomic E-state index is 12.3. The fraction of sp³-hybridized carbons (Fsp3) is 0.381. The summed E-state index contributed by atoms with van der Waals surface area (Å²) in [6.07, 6.45) is 1.34. The Balaban J connectivity index is 1.48. The summed E-state index contributed by atoms with van der Waals surface area (Å²) < 4.78 is 0. The SMILES string of the molecule is Cc1ccc(NC(=O)CN2CCC(C(O)c3ccccc3)CC2)c(Cl)c1. The number of hydrogen-bond acceptors (Lipinski definition) is 3. The highest BCUT2D eigenvalue weighted by Crippen LogP contribution is 2.30. The summed E-state index contributed by atoms with van der Waals surface area (Å²) in [5.74, 6) is 0.182. The Morgan fingerprint density at radius 1 is 1.23 bits per heavy atom. The van der Waals surface area contributed by atoms with Crippen molar-refractivity contribution in [3.8, 4) is 0 Å². The van der Waals surface area contributed by atoms with E-state index >= 15 is 0 Å². The number of rotatable bonds is 5. The minimum atomic E-state index is -0.432. The number of carbonyl (C=O) groups excluding carboxylic acids is 1. The number of benzene rings is 2. The van der Waals surface area contributed by atoms with E-state index < -0.39 is 6.10 Å². The van der Waals surface area contributed by atoms with Gasteiger partial charge in [-0.05, 0) is 62.0 Å². The van der Waals surface area contributed by atoms with E-state index in [1.165, 1.54) is 0 Å². The molecule has 138 valence electrons. The molecule has 1 aliphatic rings. The van der Waals surface area contributed by atoms with Gasteiger partial charge in [-0.1, -0.05) is 48.0 Å². The molecule has 2 N–H and O–H groups in total. The first-order chi connectivity index (χ1) is 12.5. The number of aryl methyl sites for hydroxylation is 1. The minimum absolute atomic E-state index is 0.0576. The fourth-order valence-electron chi connectivity index (χ4n) is 3.46. The predicted octanol–water partition coefficient (Wildman–Crippen LogP) is 4.03. The third kappa shape index (κ3) is 4.85. The topological polar surface area (TPSA) is 52.6 Å². The van der Waals surface area contributed by atoms with Crippen molar-refractivity contribution < 1.29 is 9.90 Å². The van der Waals surface area contributed by atoms with Crippen LogP contribution < -0.4 is 5.32 Å². The molecule has 3 rings (SSSR count). The van der Waals surface area contributed by atoms with Crippen LogP contribution in [0.4, 0.5) is 5.69 Å². The van der Waals surface area contributed by atoms with Crippen LogP contribution in [0.3, 0.4) is 0 Å². The smallest absolute Gasteiger partial charge is 0.238 e. The molecule has 0 aliphatic carbocycles. The Morgan fingerprint density at radius 3 is 2.58 bits per heavy atom. The van der Waals surface area contributed by atoms with E-state index in [2.05, 4.69) is 10.2 Å². The van der Waals surface area contributed by atoms with Crippen molar-refractivity contribution in [2.24, 2.45) is 5.92 Å². The first-order valence-electron chi connectivity index (χ1n) is 9.04. The zero-order valence-corrected chi connectivity index (χ0v) is 15.7. The number of aliphatic hydroxyl groups excluding tert-OH is 1. The van der Waals surface area contributed by atoms with Gasteiger partial charge in [-0.15, -0.1) is 0 Å². The van der Waals surface area contributed by atoms with Gasteiger partial charge < -0.3 is 10.4 Å². The van der Waals surface area contributed by atoms with Gasteiger partial charge in [0.25, 0.3) is 0 Å². The van der Waals surface area contributed by atoms with E-state index in [9.17, 15) is 9.90 Å². The van der Waals surface area contributed by atoms with Gasteiger partial charge in [0, 0.05) is 0 Å². The summed E-state index contributed by atoms with van der Waals surface area (Å²) in [5.41, 5.74) is 2.68. The molecule has 1 fully saturated rings. The maximum Gasteiger partial charge on any atom is 0.238 e. The molecular weight excluding hydrogens is 348 g/mol. The largest absolute Gasteiger partial charge is 0.388 e. The standard InChI is InChI=1S/C21H25ClN2O2/c1-15-7-8-19(18(22)13-15)23-20(25)14-24-11-9-17(10-12-24)21(26)16-5-3-2-4-6-16/h2-8,13,17,21,26H,9-12,14H2,1H3,(H,23,25). The Hall–Kier alpha value is -1.88. The summed E-state index contributed by atoms with van der Waals surface area (Å²) >= 11 is 6.17. The Labute approximate surface area is 159 Å². The average molecular weight is 373 g/mol. The molecule has 5 heteroatoms. The molecule has 1 atom stereocenters. The fourth-order valence-corrected chi connectivity index (χ4v) is 3.75. The molecule has 2 aromatic rings. The lowest BCUT2D eigenvalue weighted by Crippen LogP contribution is -2.40. The normalized spacial score (nSPS) is 17.0. The van der Waals surface area contributed by atoms with Crippen molar-refractivity contribution in [3.63, 3.8) is 0 Å². The molecule has 1 heterocycles. The monoisotopic (exact) mass is 372 g/mol. The van der Waals surface area contributed by atoms with Crippen LogP contribution in [0.1, 0.15) is 30.1 Å². The number of nitrogens with zero attached hydrogens (tertiary/aromatic N) is 1. The second kappa shape index (κ2) is 8.67. The van der Waals surface area contributed by atoms with Crippen molar-refractivity contribution in [1.29, 1.82) is 0 Å². The number of amides is 1. The molecule has 0 radical (unpaired) electrons. The molecule has 26 heavy (non-hydrogen) atoms. The number of aliphatic hydroxyl groups is 1. The van der Waals surface area contributed by atoms with Crippen LogP contribution in [-0.4, -0.2) is 35.5 Å². The highest BCUT2D eigenvalue weighted by Gasteiger charge is 2.27. The van der Waals surface area contributed by atoms with Gasteiger partial charge in [-0.3, -0.25) is 9.69 Å². The third-order valence-electron chi connectivity index (χ3n) is 4.99. The zero-order chi connectivity index (χ0) is 18.5. The molecule has 4 nitrogen and oxygen atoms in total. The van der Waals surface area contributed by atoms with Crippen LogP contribution in [0.25, 0.3) is 0 Å². The van der Waals surface area contributed by atoms with Gasteiger partial charge in [0.15, 0.2) is 0 Å². The second-order valence-corrected chi connectivity index (χ2v) is 7.41. The number of anilines is 1. The number of likely N-dealkylation sites (tertiary alicyclic amines) is 1. The first-order valence-corrected chi connectivity index (χ1v) is 9.42. The van der Waals surface area contributed by atoms with E-state index in [4.69, 9.17) is 11.6 Å². The summed E-state index contributed by atoms with van der Waals surface area (Å²) in [5, 5.41) is 14.0. The average Bonchev–Trinajstić information content (AvgIpc) is 2.65. The number of piperidine rings is 1. The van der Waals surface area contributed by atoms with Crippen molar-refractivity contribution >= 4 is 23.2 Å². The lowest BCUT2D eigenvalue weighted by atomic mass is 9.87. The Bertz CT molecular complexity index is 743. The number of nitrogens with one attached hydrogen (secondary N) is 1. The summed E-state index contributed by atoms with van der Waals surface area (Å²) in [6, 6.07) is 15.4. The molecular formula is C21H25ClN2O2. The molecule has 0 spiro atoms. The predicted molar refractivity (Wildman–Crippen MR) is 105 cm³/mol. The molecule has 0 saturated carbocycles. The van der Waals surface area contributed by atoms with Crippen LogP contribution in [0.5, 0.6) is 0 Å². The van der Waals surface area contributed by atoms with Gasteiger partial charge in [-0.25, -0.2) is 0 Å². The van der Waals surface area contributed by atoms with Crippen LogP contribution >= 0.6 is 11.6 Å². The lowest BCUT2D eigenvalue weighted by Gasteiger charge is -2.34. The number of carbonyl (C=O) groups is 1.